The lowest BCUT2D eigenvalue weighted by atomic mass is 10.0. The van der Waals surface area contributed by atoms with Gasteiger partial charge in [0.1, 0.15) is 11.8 Å². The molecule has 1 aliphatic rings. The van der Waals surface area contributed by atoms with Gasteiger partial charge in [0.05, 0.1) is 30.8 Å². The number of H-pyrrole nitrogens is 1. The number of aromatic nitrogens is 2. The fourth-order valence-electron chi connectivity index (χ4n) is 3.77. The molecule has 0 amide bonds. The van der Waals surface area contributed by atoms with Crippen LogP contribution in [0.3, 0.4) is 0 Å². The molecule has 3 heterocycles. The molecule has 0 bridgehead atoms. The number of thiocarbonyl (C=S) groups is 1. The summed E-state index contributed by atoms with van der Waals surface area (Å²) in [6, 6.07) is 14.7. The molecule has 0 spiro atoms. The van der Waals surface area contributed by atoms with Crippen LogP contribution in [-0.4, -0.2) is 36.9 Å². The molecule has 3 N–H and O–H groups in total. The summed E-state index contributed by atoms with van der Waals surface area (Å²) in [5, 5.41) is 3.89. The average Bonchev–Trinajstić information content (AvgIpc) is 3.30. The lowest BCUT2D eigenvalue weighted by Crippen LogP contribution is -2.29. The molecule has 2 aromatic heterocycles. The van der Waals surface area contributed by atoms with E-state index in [-0.39, 0.29) is 12.1 Å². The van der Waals surface area contributed by atoms with Gasteiger partial charge in [0.15, 0.2) is 5.11 Å². The molecular weight excluding hydrogens is 434 g/mol. The summed E-state index contributed by atoms with van der Waals surface area (Å²) in [7, 11) is -2.00. The minimum Gasteiger partial charge on any atom is -0.495 e. The Morgan fingerprint density at radius 1 is 1.19 bits per heavy atom. The molecule has 2 atom stereocenters. The topological polar surface area (TPSA) is 99.3 Å². The van der Waals surface area contributed by atoms with E-state index in [1.165, 1.54) is 7.11 Å². The van der Waals surface area contributed by atoms with Crippen LogP contribution in [0.15, 0.2) is 54.7 Å². The summed E-state index contributed by atoms with van der Waals surface area (Å²) in [6.45, 7) is 1.99. The maximum atomic E-state index is 11.9. The van der Waals surface area contributed by atoms with Crippen molar-refractivity contribution in [3.05, 3.63) is 71.8 Å². The number of ether oxygens (including phenoxy) is 1. The lowest BCUT2D eigenvalue weighted by molar-refractivity contribution is 0.417. The van der Waals surface area contributed by atoms with Crippen molar-refractivity contribution in [3.63, 3.8) is 0 Å². The van der Waals surface area contributed by atoms with Crippen LogP contribution in [0.4, 0.5) is 11.4 Å². The first kappa shape index (κ1) is 21.1. The highest BCUT2D eigenvalue weighted by atomic mass is 32.2. The zero-order chi connectivity index (χ0) is 22.2. The molecular formula is C21H23N5O3S2. The van der Waals surface area contributed by atoms with E-state index in [1.807, 2.05) is 48.2 Å². The average molecular weight is 458 g/mol. The van der Waals surface area contributed by atoms with Gasteiger partial charge in [-0.2, -0.15) is 0 Å². The van der Waals surface area contributed by atoms with Gasteiger partial charge in [-0.1, -0.05) is 6.07 Å². The second-order valence-electron chi connectivity index (χ2n) is 7.35. The maximum absolute atomic E-state index is 11.9. The van der Waals surface area contributed by atoms with Crippen molar-refractivity contribution in [1.82, 2.24) is 15.3 Å². The molecule has 1 saturated heterocycles. The molecule has 0 aliphatic carbocycles. The summed E-state index contributed by atoms with van der Waals surface area (Å²) in [5.41, 5.74) is 3.91. The highest BCUT2D eigenvalue weighted by Crippen LogP contribution is 2.42. The number of nitrogens with zero attached hydrogens (tertiary/aromatic N) is 2. The molecule has 0 saturated carbocycles. The number of rotatable bonds is 6. The Morgan fingerprint density at radius 3 is 2.61 bits per heavy atom. The molecule has 4 rings (SSSR count). The van der Waals surface area contributed by atoms with E-state index in [9.17, 15) is 8.42 Å². The number of methoxy groups -OCH3 is 1. The van der Waals surface area contributed by atoms with E-state index < -0.39 is 10.0 Å². The van der Waals surface area contributed by atoms with E-state index in [2.05, 4.69) is 20.0 Å². The number of sulfonamides is 1. The van der Waals surface area contributed by atoms with E-state index in [1.54, 1.807) is 18.3 Å². The quantitative estimate of drug-likeness (QED) is 0.489. The van der Waals surface area contributed by atoms with Crippen LogP contribution in [0.25, 0.3) is 0 Å². The number of nitrogens with one attached hydrogen (secondary N) is 3. The molecule has 1 fully saturated rings. The van der Waals surface area contributed by atoms with Crippen molar-refractivity contribution in [3.8, 4) is 5.75 Å². The fraction of sp³-hybridized carbons (Fsp3) is 0.238. The van der Waals surface area contributed by atoms with Crippen LogP contribution in [0.2, 0.25) is 0 Å². The van der Waals surface area contributed by atoms with Gasteiger partial charge in [-0.3, -0.25) is 9.71 Å². The second kappa shape index (κ2) is 8.20. The SMILES string of the molecule is COc1ccc(N2C(=S)N[C@@H](c3ccccn3)[C@@H]2c2ccc(C)[nH]2)cc1NS(C)(=O)=O. The molecule has 31 heavy (non-hydrogen) atoms. The standard InChI is InChI=1S/C21H23N5O3S2/c1-13-7-9-16(23-13)20-19(15-6-4-5-11-22-15)24-21(30)26(20)14-8-10-18(29-2)17(12-14)25-31(3,27)28/h4-12,19-20,23,25H,1-3H3,(H,24,30)/t19-,20-/m0/s1. The van der Waals surface area contributed by atoms with E-state index in [0.29, 0.717) is 16.5 Å². The molecule has 10 heteroatoms. The van der Waals surface area contributed by atoms with E-state index >= 15 is 0 Å². The lowest BCUT2D eigenvalue weighted by Gasteiger charge is -2.27. The number of aryl methyl sites for hydroxylation is 1. The van der Waals surface area contributed by atoms with Gasteiger partial charge in [-0.05, 0) is 61.6 Å². The van der Waals surface area contributed by atoms with Crippen molar-refractivity contribution in [2.45, 2.75) is 19.0 Å². The number of hydrogen-bond acceptors (Lipinski definition) is 5. The third-order valence-electron chi connectivity index (χ3n) is 5.03. The molecule has 1 aliphatic heterocycles. The van der Waals surface area contributed by atoms with Gasteiger partial charge in [-0.25, -0.2) is 8.42 Å². The summed E-state index contributed by atoms with van der Waals surface area (Å²) < 4.78 is 31.6. The fourth-order valence-corrected chi connectivity index (χ4v) is 4.68. The number of aromatic amines is 1. The molecule has 162 valence electrons. The number of pyridine rings is 1. The summed E-state index contributed by atoms with van der Waals surface area (Å²) in [6.07, 6.45) is 2.85. The van der Waals surface area contributed by atoms with Crippen LogP contribution >= 0.6 is 12.2 Å². The summed E-state index contributed by atoms with van der Waals surface area (Å²) in [4.78, 5) is 9.90. The van der Waals surface area contributed by atoms with Gasteiger partial charge in [0, 0.05) is 23.3 Å². The molecule has 1 aromatic carbocycles. The number of anilines is 2. The molecule has 3 aromatic rings. The predicted octanol–water partition coefficient (Wildman–Crippen LogP) is 3.28. The zero-order valence-corrected chi connectivity index (χ0v) is 18.9. The molecule has 0 unspecified atom stereocenters. The third-order valence-corrected chi connectivity index (χ3v) is 5.93. The van der Waals surface area contributed by atoms with Crippen molar-refractivity contribution in [2.24, 2.45) is 0 Å². The Morgan fingerprint density at radius 2 is 2.00 bits per heavy atom. The monoisotopic (exact) mass is 457 g/mol. The Kier molecular flexibility index (Phi) is 5.59. The Labute approximate surface area is 186 Å². The smallest absolute Gasteiger partial charge is 0.229 e. The van der Waals surface area contributed by atoms with Crippen molar-refractivity contribution >= 4 is 38.7 Å². The maximum Gasteiger partial charge on any atom is 0.229 e. The third kappa shape index (κ3) is 4.35. The van der Waals surface area contributed by atoms with Crippen LogP contribution in [-0.2, 0) is 10.0 Å². The van der Waals surface area contributed by atoms with Crippen LogP contribution < -0.4 is 19.7 Å². The summed E-state index contributed by atoms with van der Waals surface area (Å²) in [5.74, 6) is 0.417. The summed E-state index contributed by atoms with van der Waals surface area (Å²) >= 11 is 5.70. The Bertz CT molecular complexity index is 1210. The molecule has 0 radical (unpaired) electrons. The van der Waals surface area contributed by atoms with E-state index in [0.717, 1.165) is 29.0 Å². The highest BCUT2D eigenvalue weighted by molar-refractivity contribution is 7.92. The minimum absolute atomic E-state index is 0.194. The predicted molar refractivity (Wildman–Crippen MR) is 125 cm³/mol. The van der Waals surface area contributed by atoms with Gasteiger partial charge in [-0.15, -0.1) is 0 Å². The van der Waals surface area contributed by atoms with Crippen LogP contribution in [0.5, 0.6) is 5.75 Å². The number of hydrogen-bond donors (Lipinski definition) is 3. The van der Waals surface area contributed by atoms with Gasteiger partial charge < -0.3 is 19.9 Å². The van der Waals surface area contributed by atoms with Crippen molar-refractivity contribution < 1.29 is 13.2 Å². The zero-order valence-electron chi connectivity index (χ0n) is 17.3. The van der Waals surface area contributed by atoms with Crippen LogP contribution in [0.1, 0.15) is 29.2 Å². The largest absolute Gasteiger partial charge is 0.495 e. The van der Waals surface area contributed by atoms with Gasteiger partial charge in [0.2, 0.25) is 10.0 Å². The Balaban J connectivity index is 1.82. The van der Waals surface area contributed by atoms with E-state index in [4.69, 9.17) is 17.0 Å². The van der Waals surface area contributed by atoms with Gasteiger partial charge in [0.25, 0.3) is 0 Å². The Hall–Kier alpha value is -3.11. The first-order valence-electron chi connectivity index (χ1n) is 9.59. The molecule has 8 nitrogen and oxygen atoms in total. The second-order valence-corrected chi connectivity index (χ2v) is 9.49. The first-order valence-corrected chi connectivity index (χ1v) is 11.9. The minimum atomic E-state index is -3.49. The number of benzene rings is 1. The van der Waals surface area contributed by atoms with Gasteiger partial charge >= 0.3 is 0 Å². The van der Waals surface area contributed by atoms with Crippen molar-refractivity contribution in [2.75, 3.05) is 23.0 Å². The highest BCUT2D eigenvalue weighted by Gasteiger charge is 2.41. The van der Waals surface area contributed by atoms with Crippen LogP contribution in [0, 0.1) is 6.92 Å². The normalized spacial score (nSPS) is 18.7. The van der Waals surface area contributed by atoms with Crippen molar-refractivity contribution in [1.29, 1.82) is 0 Å². The first-order chi connectivity index (χ1) is 14.8.